The molecular weight excluding hydrogens is 230 g/mol. The lowest BCUT2D eigenvalue weighted by atomic mass is 10.2. The number of hydrogen-bond acceptors (Lipinski definition) is 5. The largest absolute Gasteiger partial charge is 0.398 e. The molecule has 0 aromatic carbocycles. The van der Waals surface area contributed by atoms with Crippen LogP contribution in [-0.2, 0) is 9.84 Å². The van der Waals surface area contributed by atoms with E-state index in [1.165, 1.54) is 18.5 Å². The summed E-state index contributed by atoms with van der Waals surface area (Å²) in [6, 6.07) is 1.51. The Morgan fingerprint density at radius 1 is 1.56 bits per heavy atom. The molecule has 6 nitrogen and oxygen atoms in total. The van der Waals surface area contributed by atoms with Crippen molar-refractivity contribution in [1.82, 2.24) is 10.3 Å². The summed E-state index contributed by atoms with van der Waals surface area (Å²) in [5.74, 6) is -0.520. The fraction of sp³-hybridized carbons (Fsp3) is 0.333. The predicted molar refractivity (Wildman–Crippen MR) is 60.7 cm³/mol. The topological polar surface area (TPSA) is 102 Å². The lowest BCUT2D eigenvalue weighted by Crippen LogP contribution is -2.29. The van der Waals surface area contributed by atoms with Gasteiger partial charge in [-0.15, -0.1) is 0 Å². The van der Waals surface area contributed by atoms with Crippen molar-refractivity contribution in [2.45, 2.75) is 0 Å². The second kappa shape index (κ2) is 4.93. The van der Waals surface area contributed by atoms with E-state index in [0.29, 0.717) is 5.69 Å². The molecule has 16 heavy (non-hydrogen) atoms. The monoisotopic (exact) mass is 243 g/mol. The Morgan fingerprint density at radius 2 is 2.25 bits per heavy atom. The molecule has 88 valence electrons. The summed E-state index contributed by atoms with van der Waals surface area (Å²) >= 11 is 0. The third-order valence-corrected chi connectivity index (χ3v) is 2.80. The molecule has 1 heterocycles. The number of anilines is 1. The van der Waals surface area contributed by atoms with Gasteiger partial charge in [0.1, 0.15) is 9.84 Å². The number of pyridine rings is 1. The van der Waals surface area contributed by atoms with Crippen LogP contribution in [0.25, 0.3) is 0 Å². The molecule has 1 aromatic heterocycles. The molecule has 0 radical (unpaired) electrons. The Kier molecular flexibility index (Phi) is 3.83. The third-order valence-electron chi connectivity index (χ3n) is 1.86. The van der Waals surface area contributed by atoms with Crippen molar-refractivity contribution in [2.75, 3.05) is 24.3 Å². The molecular formula is C9H13N3O3S. The summed E-state index contributed by atoms with van der Waals surface area (Å²) in [6.07, 6.45) is 3.92. The summed E-state index contributed by atoms with van der Waals surface area (Å²) in [7, 11) is -3.07. The summed E-state index contributed by atoms with van der Waals surface area (Å²) in [5, 5.41) is 2.46. The van der Waals surface area contributed by atoms with Gasteiger partial charge in [-0.3, -0.25) is 9.78 Å². The summed E-state index contributed by atoms with van der Waals surface area (Å²) in [5.41, 5.74) is 6.12. The van der Waals surface area contributed by atoms with E-state index in [1.807, 2.05) is 0 Å². The highest BCUT2D eigenvalue weighted by Crippen LogP contribution is 2.07. The number of nitrogens with zero attached hydrogens (tertiary/aromatic N) is 1. The summed E-state index contributed by atoms with van der Waals surface area (Å²) < 4.78 is 21.7. The Bertz CT molecular complexity index is 485. The van der Waals surface area contributed by atoms with Gasteiger partial charge >= 0.3 is 0 Å². The zero-order valence-corrected chi connectivity index (χ0v) is 9.62. The Labute approximate surface area is 93.8 Å². The van der Waals surface area contributed by atoms with Gasteiger partial charge in [0.2, 0.25) is 0 Å². The molecule has 1 amide bonds. The molecule has 1 rings (SSSR count). The molecule has 0 aliphatic rings. The lowest BCUT2D eigenvalue weighted by Gasteiger charge is -2.05. The second-order valence-electron chi connectivity index (χ2n) is 3.35. The van der Waals surface area contributed by atoms with E-state index < -0.39 is 15.7 Å². The number of nitrogens with two attached hydrogens (primary N) is 1. The van der Waals surface area contributed by atoms with E-state index in [2.05, 4.69) is 10.3 Å². The molecule has 3 N–H and O–H groups in total. The minimum atomic E-state index is -3.07. The van der Waals surface area contributed by atoms with Gasteiger partial charge in [0.15, 0.2) is 0 Å². The Hall–Kier alpha value is -1.63. The average molecular weight is 243 g/mol. The first-order chi connectivity index (χ1) is 7.40. The van der Waals surface area contributed by atoms with Crippen molar-refractivity contribution >= 4 is 21.4 Å². The standard InChI is InChI=1S/C9H13N3O3S/c1-16(14,15)5-4-12-9(13)7-6-11-3-2-8(7)10/h2-3,6H,4-5H2,1H3,(H2,10,11)(H,12,13). The lowest BCUT2D eigenvalue weighted by molar-refractivity contribution is 0.0956. The maximum Gasteiger partial charge on any atom is 0.254 e. The smallest absolute Gasteiger partial charge is 0.254 e. The van der Waals surface area contributed by atoms with Gasteiger partial charge in [0, 0.05) is 30.9 Å². The van der Waals surface area contributed by atoms with Crippen LogP contribution < -0.4 is 11.1 Å². The van der Waals surface area contributed by atoms with E-state index >= 15 is 0 Å². The van der Waals surface area contributed by atoms with Crippen LogP contribution in [-0.4, -0.2) is 37.9 Å². The van der Waals surface area contributed by atoms with E-state index in [0.717, 1.165) is 6.26 Å². The first kappa shape index (κ1) is 12.4. The van der Waals surface area contributed by atoms with Gasteiger partial charge < -0.3 is 11.1 Å². The van der Waals surface area contributed by atoms with Crippen LogP contribution in [0.2, 0.25) is 0 Å². The number of amides is 1. The Balaban J connectivity index is 2.57. The minimum absolute atomic E-state index is 0.0615. The predicted octanol–water partition coefficient (Wildman–Crippen LogP) is -0.562. The van der Waals surface area contributed by atoms with Crippen molar-refractivity contribution in [2.24, 2.45) is 0 Å². The van der Waals surface area contributed by atoms with Gasteiger partial charge in [-0.05, 0) is 6.07 Å². The number of rotatable bonds is 4. The number of sulfone groups is 1. The van der Waals surface area contributed by atoms with Gasteiger partial charge in [-0.25, -0.2) is 8.42 Å². The van der Waals surface area contributed by atoms with Crippen molar-refractivity contribution in [3.8, 4) is 0 Å². The van der Waals surface area contributed by atoms with Crippen molar-refractivity contribution in [1.29, 1.82) is 0 Å². The second-order valence-corrected chi connectivity index (χ2v) is 5.61. The molecule has 0 aliphatic heterocycles. The molecule has 0 spiro atoms. The number of aromatic nitrogens is 1. The zero-order chi connectivity index (χ0) is 12.2. The first-order valence-corrected chi connectivity index (χ1v) is 6.61. The van der Waals surface area contributed by atoms with Crippen LogP contribution in [0.4, 0.5) is 5.69 Å². The molecule has 0 fully saturated rings. The van der Waals surface area contributed by atoms with Crippen LogP contribution in [0.5, 0.6) is 0 Å². The Morgan fingerprint density at radius 3 is 2.81 bits per heavy atom. The maximum absolute atomic E-state index is 11.5. The van der Waals surface area contributed by atoms with Gasteiger partial charge in [0.05, 0.1) is 11.3 Å². The molecule has 0 unspecified atom stereocenters. The molecule has 0 atom stereocenters. The molecule has 0 aliphatic carbocycles. The van der Waals surface area contributed by atoms with Crippen LogP contribution in [0.15, 0.2) is 18.5 Å². The first-order valence-electron chi connectivity index (χ1n) is 4.55. The number of carbonyl (C=O) groups excluding carboxylic acids is 1. The van der Waals surface area contributed by atoms with Crippen molar-refractivity contribution in [3.63, 3.8) is 0 Å². The molecule has 0 saturated heterocycles. The third kappa shape index (κ3) is 3.85. The number of nitrogens with one attached hydrogen (secondary N) is 1. The minimum Gasteiger partial charge on any atom is -0.398 e. The van der Waals surface area contributed by atoms with Crippen LogP contribution in [0.3, 0.4) is 0 Å². The zero-order valence-electron chi connectivity index (χ0n) is 8.80. The average Bonchev–Trinajstić information content (AvgIpc) is 2.16. The fourth-order valence-electron chi connectivity index (χ4n) is 1.04. The fourth-order valence-corrected chi connectivity index (χ4v) is 1.51. The molecule has 1 aromatic rings. The van der Waals surface area contributed by atoms with Crippen LogP contribution in [0, 0.1) is 0 Å². The molecule has 0 saturated carbocycles. The van der Waals surface area contributed by atoms with E-state index in [4.69, 9.17) is 5.73 Å². The highest BCUT2D eigenvalue weighted by atomic mass is 32.2. The number of carbonyl (C=O) groups is 1. The highest BCUT2D eigenvalue weighted by molar-refractivity contribution is 7.90. The van der Waals surface area contributed by atoms with E-state index in [9.17, 15) is 13.2 Å². The van der Waals surface area contributed by atoms with E-state index in [-0.39, 0.29) is 17.9 Å². The summed E-state index contributed by atoms with van der Waals surface area (Å²) in [6.45, 7) is 0.0615. The SMILES string of the molecule is CS(=O)(=O)CCNC(=O)c1cnccc1N. The van der Waals surface area contributed by atoms with E-state index in [1.54, 1.807) is 0 Å². The van der Waals surface area contributed by atoms with Crippen LogP contribution in [0.1, 0.15) is 10.4 Å². The van der Waals surface area contributed by atoms with Crippen LogP contribution >= 0.6 is 0 Å². The summed E-state index contributed by atoms with van der Waals surface area (Å²) in [4.78, 5) is 15.3. The number of nitrogen functional groups attached to an aromatic ring is 1. The van der Waals surface area contributed by atoms with Crippen molar-refractivity contribution in [3.05, 3.63) is 24.0 Å². The normalized spacial score (nSPS) is 11.1. The van der Waals surface area contributed by atoms with Gasteiger partial charge in [0.25, 0.3) is 5.91 Å². The molecule has 0 bridgehead atoms. The van der Waals surface area contributed by atoms with Gasteiger partial charge in [-0.2, -0.15) is 0 Å². The number of hydrogen-bond donors (Lipinski definition) is 2. The van der Waals surface area contributed by atoms with Crippen molar-refractivity contribution < 1.29 is 13.2 Å². The maximum atomic E-state index is 11.5. The molecule has 7 heteroatoms. The van der Waals surface area contributed by atoms with Gasteiger partial charge in [-0.1, -0.05) is 0 Å². The quantitative estimate of drug-likeness (QED) is 0.738. The highest BCUT2D eigenvalue weighted by Gasteiger charge is 2.10.